The van der Waals surface area contributed by atoms with Gasteiger partial charge in [0.25, 0.3) is 5.91 Å². The monoisotopic (exact) mass is 236 g/mol. The van der Waals surface area contributed by atoms with Gasteiger partial charge in [0.15, 0.2) is 11.6 Å². The number of aromatic hydroxyl groups is 1. The molecule has 2 rings (SSSR count). The number of hydrogen-bond acceptors (Lipinski definition) is 4. The predicted molar refractivity (Wildman–Crippen MR) is 57.3 cm³/mol. The van der Waals surface area contributed by atoms with Gasteiger partial charge in [-0.2, -0.15) is 0 Å². The third kappa shape index (κ3) is 2.25. The molecule has 0 saturated heterocycles. The van der Waals surface area contributed by atoms with Crippen molar-refractivity contribution in [1.82, 2.24) is 5.16 Å². The summed E-state index contributed by atoms with van der Waals surface area (Å²) in [5, 5.41) is 14.9. The smallest absolute Gasteiger partial charge is 0.260 e. The molecule has 2 aromatic rings. The lowest BCUT2D eigenvalue weighted by atomic mass is 10.2. The molecule has 0 spiro atoms. The summed E-state index contributed by atoms with van der Waals surface area (Å²) in [6, 6.07) is 3.57. The Kier molecular flexibility index (Phi) is 2.78. The molecule has 5 nitrogen and oxygen atoms in total. The number of benzene rings is 1. The van der Waals surface area contributed by atoms with Crippen LogP contribution in [0.3, 0.4) is 0 Å². The lowest BCUT2D eigenvalue weighted by Crippen LogP contribution is -2.12. The molecule has 2 N–H and O–H groups in total. The number of carbonyl (C=O) groups is 1. The Balaban J connectivity index is 2.19. The second-order valence-electron chi connectivity index (χ2n) is 3.42. The van der Waals surface area contributed by atoms with Crippen LogP contribution in [0.25, 0.3) is 0 Å². The minimum atomic E-state index is -0.801. The minimum absolute atomic E-state index is 0.242. The van der Waals surface area contributed by atoms with Crippen LogP contribution < -0.4 is 5.32 Å². The predicted octanol–water partition coefficient (Wildman–Crippen LogP) is 2.08. The van der Waals surface area contributed by atoms with Crippen LogP contribution in [0, 0.1) is 12.7 Å². The summed E-state index contributed by atoms with van der Waals surface area (Å²) in [7, 11) is 0. The Labute approximate surface area is 95.9 Å². The summed E-state index contributed by atoms with van der Waals surface area (Å²) in [4.78, 5) is 11.7. The SMILES string of the molecule is Cc1oncc1C(=O)Nc1ccc(O)c(F)c1. The van der Waals surface area contributed by atoms with Crippen LogP contribution in [0.5, 0.6) is 5.75 Å². The molecule has 0 unspecified atom stereocenters. The molecule has 0 radical (unpaired) electrons. The Morgan fingerprint density at radius 3 is 2.88 bits per heavy atom. The van der Waals surface area contributed by atoms with Gasteiger partial charge in [0.1, 0.15) is 11.3 Å². The summed E-state index contributed by atoms with van der Waals surface area (Å²) in [6.45, 7) is 1.60. The molecule has 88 valence electrons. The summed E-state index contributed by atoms with van der Waals surface area (Å²) >= 11 is 0. The summed E-state index contributed by atoms with van der Waals surface area (Å²) < 4.78 is 17.8. The van der Waals surface area contributed by atoms with Crippen LogP contribution >= 0.6 is 0 Å². The Morgan fingerprint density at radius 2 is 2.29 bits per heavy atom. The fourth-order valence-electron chi connectivity index (χ4n) is 1.30. The summed E-state index contributed by atoms with van der Waals surface area (Å²) in [6.07, 6.45) is 1.28. The van der Waals surface area contributed by atoms with E-state index in [-0.39, 0.29) is 11.3 Å². The molecule has 0 atom stereocenters. The summed E-state index contributed by atoms with van der Waals surface area (Å²) in [5.41, 5.74) is 0.518. The third-order valence-electron chi connectivity index (χ3n) is 2.20. The van der Waals surface area contributed by atoms with Crippen molar-refractivity contribution in [2.75, 3.05) is 5.32 Å². The zero-order valence-corrected chi connectivity index (χ0v) is 8.90. The molecule has 0 bridgehead atoms. The maximum atomic E-state index is 13.0. The number of amides is 1. The summed E-state index contributed by atoms with van der Waals surface area (Å²) in [5.74, 6) is -1.34. The van der Waals surface area contributed by atoms with Crippen molar-refractivity contribution in [3.05, 3.63) is 41.5 Å². The van der Waals surface area contributed by atoms with E-state index in [0.29, 0.717) is 5.76 Å². The highest BCUT2D eigenvalue weighted by Crippen LogP contribution is 2.20. The number of aryl methyl sites for hydroxylation is 1. The van der Waals surface area contributed by atoms with Crippen molar-refractivity contribution in [2.45, 2.75) is 6.92 Å². The van der Waals surface area contributed by atoms with E-state index in [1.54, 1.807) is 6.92 Å². The van der Waals surface area contributed by atoms with E-state index in [1.165, 1.54) is 12.3 Å². The molecule has 0 fully saturated rings. The molecular formula is C11H9FN2O3. The molecule has 0 aliphatic rings. The molecule has 0 aliphatic carbocycles. The highest BCUT2D eigenvalue weighted by Gasteiger charge is 2.13. The molecule has 6 heteroatoms. The van der Waals surface area contributed by atoms with Crippen LogP contribution in [0.4, 0.5) is 10.1 Å². The van der Waals surface area contributed by atoms with Gasteiger partial charge in [-0.1, -0.05) is 5.16 Å². The number of phenolic OH excluding ortho intramolecular Hbond substituents is 1. The van der Waals surface area contributed by atoms with E-state index in [4.69, 9.17) is 9.63 Å². The van der Waals surface area contributed by atoms with Gasteiger partial charge in [-0.3, -0.25) is 4.79 Å². The van der Waals surface area contributed by atoms with Gasteiger partial charge in [-0.25, -0.2) is 4.39 Å². The van der Waals surface area contributed by atoms with Gasteiger partial charge in [-0.05, 0) is 19.1 Å². The van der Waals surface area contributed by atoms with Gasteiger partial charge >= 0.3 is 0 Å². The van der Waals surface area contributed by atoms with Gasteiger partial charge in [0, 0.05) is 11.8 Å². The van der Waals surface area contributed by atoms with Gasteiger partial charge in [0.05, 0.1) is 6.20 Å². The number of nitrogens with one attached hydrogen (secondary N) is 1. The molecule has 1 heterocycles. The Bertz CT molecular complexity index is 566. The van der Waals surface area contributed by atoms with Crippen LogP contribution in [0.2, 0.25) is 0 Å². The van der Waals surface area contributed by atoms with Crippen molar-refractivity contribution >= 4 is 11.6 Å². The number of halogens is 1. The third-order valence-corrected chi connectivity index (χ3v) is 2.20. The van der Waals surface area contributed by atoms with E-state index < -0.39 is 17.5 Å². The van der Waals surface area contributed by atoms with E-state index in [1.807, 2.05) is 0 Å². The fraction of sp³-hybridized carbons (Fsp3) is 0.0909. The highest BCUT2D eigenvalue weighted by atomic mass is 19.1. The highest BCUT2D eigenvalue weighted by molar-refractivity contribution is 6.04. The molecule has 1 aromatic heterocycles. The Morgan fingerprint density at radius 1 is 1.53 bits per heavy atom. The second-order valence-corrected chi connectivity index (χ2v) is 3.42. The normalized spacial score (nSPS) is 10.2. The maximum absolute atomic E-state index is 13.0. The zero-order valence-electron chi connectivity index (χ0n) is 8.90. The van der Waals surface area contributed by atoms with E-state index in [2.05, 4.69) is 10.5 Å². The lowest BCUT2D eigenvalue weighted by molar-refractivity contribution is 0.102. The number of nitrogens with zero attached hydrogens (tertiary/aromatic N) is 1. The van der Waals surface area contributed by atoms with Crippen molar-refractivity contribution < 1.29 is 18.8 Å². The number of carbonyl (C=O) groups excluding carboxylic acids is 1. The van der Waals surface area contributed by atoms with Crippen LogP contribution in [-0.4, -0.2) is 16.2 Å². The largest absolute Gasteiger partial charge is 0.505 e. The lowest BCUT2D eigenvalue weighted by Gasteiger charge is -2.04. The topological polar surface area (TPSA) is 75.4 Å². The molecule has 0 saturated carbocycles. The minimum Gasteiger partial charge on any atom is -0.505 e. The van der Waals surface area contributed by atoms with Crippen LogP contribution in [0.15, 0.2) is 28.9 Å². The average Bonchev–Trinajstić information content (AvgIpc) is 2.70. The van der Waals surface area contributed by atoms with Gasteiger partial charge < -0.3 is 14.9 Å². The molecule has 1 aromatic carbocycles. The van der Waals surface area contributed by atoms with E-state index in [0.717, 1.165) is 12.1 Å². The van der Waals surface area contributed by atoms with Gasteiger partial charge in [-0.15, -0.1) is 0 Å². The Hall–Kier alpha value is -2.37. The molecular weight excluding hydrogens is 227 g/mol. The number of phenols is 1. The molecule has 17 heavy (non-hydrogen) atoms. The second kappa shape index (κ2) is 4.25. The molecule has 1 amide bonds. The quantitative estimate of drug-likeness (QED) is 0.783. The van der Waals surface area contributed by atoms with E-state index in [9.17, 15) is 9.18 Å². The van der Waals surface area contributed by atoms with Crippen LogP contribution in [0.1, 0.15) is 16.1 Å². The van der Waals surface area contributed by atoms with Crippen LogP contribution in [-0.2, 0) is 0 Å². The standard InChI is InChI=1S/C11H9FN2O3/c1-6-8(5-13-17-6)11(16)14-7-2-3-10(15)9(12)4-7/h2-5,15H,1H3,(H,14,16). The number of anilines is 1. The number of aromatic nitrogens is 1. The fourth-order valence-corrected chi connectivity index (χ4v) is 1.30. The van der Waals surface area contributed by atoms with E-state index >= 15 is 0 Å². The average molecular weight is 236 g/mol. The van der Waals surface area contributed by atoms with Gasteiger partial charge in [0.2, 0.25) is 0 Å². The van der Waals surface area contributed by atoms with Crippen molar-refractivity contribution in [1.29, 1.82) is 0 Å². The number of rotatable bonds is 2. The first-order valence-electron chi connectivity index (χ1n) is 4.79. The zero-order chi connectivity index (χ0) is 12.4. The first-order valence-corrected chi connectivity index (χ1v) is 4.79. The molecule has 0 aliphatic heterocycles. The van der Waals surface area contributed by atoms with Crippen molar-refractivity contribution in [3.63, 3.8) is 0 Å². The first kappa shape index (κ1) is 11.1. The van der Waals surface area contributed by atoms with Crippen molar-refractivity contribution in [2.24, 2.45) is 0 Å². The van der Waals surface area contributed by atoms with Crippen molar-refractivity contribution in [3.8, 4) is 5.75 Å². The first-order chi connectivity index (χ1) is 8.08. The maximum Gasteiger partial charge on any atom is 0.260 e. The number of hydrogen-bond donors (Lipinski definition) is 2.